The summed E-state index contributed by atoms with van der Waals surface area (Å²) in [6.45, 7) is 3.22. The molecule has 0 heterocycles. The van der Waals surface area contributed by atoms with Crippen LogP contribution in [0, 0.1) is 5.92 Å². The first kappa shape index (κ1) is 8.72. The second-order valence-corrected chi connectivity index (χ2v) is 3.48. The first-order valence-electron chi connectivity index (χ1n) is 4.49. The average Bonchev–Trinajstić information content (AvgIpc) is 2.39. The van der Waals surface area contributed by atoms with Gasteiger partial charge in [0.15, 0.2) is 0 Å². The van der Waals surface area contributed by atoms with Gasteiger partial charge in [-0.15, -0.1) is 0 Å². The van der Waals surface area contributed by atoms with Crippen molar-refractivity contribution in [2.45, 2.75) is 32.6 Å². The van der Waals surface area contributed by atoms with Gasteiger partial charge >= 0.3 is 0 Å². The van der Waals surface area contributed by atoms with Crippen molar-refractivity contribution < 1.29 is 4.79 Å². The van der Waals surface area contributed by atoms with Crippen LogP contribution in [-0.4, -0.2) is 18.9 Å². The van der Waals surface area contributed by atoms with Crippen molar-refractivity contribution in [1.82, 2.24) is 5.32 Å². The Bertz CT molecular complexity index is 128. The molecule has 0 bridgehead atoms. The standard InChI is InChI=1S/C9H17NO/c1-8(11)6-10-7-9-4-2-3-5-9/h9-10H,2-7H2,1H3. The second kappa shape index (κ2) is 4.50. The van der Waals surface area contributed by atoms with Gasteiger partial charge in [-0.25, -0.2) is 0 Å². The molecule has 0 spiro atoms. The molecule has 0 aromatic rings. The van der Waals surface area contributed by atoms with Crippen molar-refractivity contribution in [3.63, 3.8) is 0 Å². The molecule has 1 rings (SSSR count). The summed E-state index contributed by atoms with van der Waals surface area (Å²) >= 11 is 0. The van der Waals surface area contributed by atoms with Crippen LogP contribution < -0.4 is 5.32 Å². The maximum absolute atomic E-state index is 10.6. The Morgan fingerprint density at radius 2 is 2.09 bits per heavy atom. The molecule has 1 N–H and O–H groups in total. The highest BCUT2D eigenvalue weighted by molar-refractivity contribution is 5.77. The highest BCUT2D eigenvalue weighted by Crippen LogP contribution is 2.23. The van der Waals surface area contributed by atoms with Crippen LogP contribution in [0.25, 0.3) is 0 Å². The molecule has 0 aromatic heterocycles. The van der Waals surface area contributed by atoms with Crippen molar-refractivity contribution in [1.29, 1.82) is 0 Å². The number of nitrogens with one attached hydrogen (secondary N) is 1. The number of Topliss-reactive ketones (excluding diaryl/α,β-unsaturated/α-hetero) is 1. The summed E-state index contributed by atoms with van der Waals surface area (Å²) in [6.07, 6.45) is 5.47. The molecule has 0 aromatic carbocycles. The van der Waals surface area contributed by atoms with Gasteiger partial charge in [0.25, 0.3) is 0 Å². The van der Waals surface area contributed by atoms with Gasteiger partial charge in [0.2, 0.25) is 0 Å². The van der Waals surface area contributed by atoms with Crippen LogP contribution in [0.4, 0.5) is 0 Å². The summed E-state index contributed by atoms with van der Waals surface area (Å²) < 4.78 is 0. The smallest absolute Gasteiger partial charge is 0.143 e. The van der Waals surface area contributed by atoms with Crippen LogP contribution in [0.2, 0.25) is 0 Å². The van der Waals surface area contributed by atoms with Crippen molar-refractivity contribution in [3.05, 3.63) is 0 Å². The van der Waals surface area contributed by atoms with Crippen LogP contribution in [0.15, 0.2) is 0 Å². The second-order valence-electron chi connectivity index (χ2n) is 3.48. The van der Waals surface area contributed by atoms with E-state index < -0.39 is 0 Å². The highest BCUT2D eigenvalue weighted by Gasteiger charge is 2.13. The molecular formula is C9H17NO. The number of rotatable bonds is 4. The molecule has 11 heavy (non-hydrogen) atoms. The van der Waals surface area contributed by atoms with E-state index in [0.29, 0.717) is 6.54 Å². The Kier molecular flexibility index (Phi) is 3.57. The molecule has 64 valence electrons. The molecule has 0 radical (unpaired) electrons. The summed E-state index contributed by atoms with van der Waals surface area (Å²) in [5.41, 5.74) is 0. The lowest BCUT2D eigenvalue weighted by Crippen LogP contribution is -2.26. The molecule has 2 heteroatoms. The number of hydrogen-bond acceptors (Lipinski definition) is 2. The lowest BCUT2D eigenvalue weighted by Gasteiger charge is -2.08. The molecule has 0 saturated heterocycles. The molecule has 0 atom stereocenters. The predicted molar refractivity (Wildman–Crippen MR) is 45.5 cm³/mol. The van der Waals surface area contributed by atoms with Gasteiger partial charge in [0, 0.05) is 0 Å². The Morgan fingerprint density at radius 3 is 2.64 bits per heavy atom. The molecule has 1 saturated carbocycles. The zero-order chi connectivity index (χ0) is 8.10. The SMILES string of the molecule is CC(=O)CNCC1CCCC1. The van der Waals surface area contributed by atoms with Gasteiger partial charge in [0.1, 0.15) is 5.78 Å². The number of carbonyl (C=O) groups is 1. The number of ketones is 1. The third-order valence-electron chi connectivity index (χ3n) is 2.28. The Labute approximate surface area is 68.4 Å². The predicted octanol–water partition coefficient (Wildman–Crippen LogP) is 1.36. The maximum atomic E-state index is 10.6. The first-order valence-corrected chi connectivity index (χ1v) is 4.49. The zero-order valence-electron chi connectivity index (χ0n) is 7.23. The topological polar surface area (TPSA) is 29.1 Å². The van der Waals surface area contributed by atoms with E-state index >= 15 is 0 Å². The average molecular weight is 155 g/mol. The third-order valence-corrected chi connectivity index (χ3v) is 2.28. The van der Waals surface area contributed by atoms with Gasteiger partial charge in [-0.3, -0.25) is 4.79 Å². The molecule has 0 amide bonds. The van der Waals surface area contributed by atoms with E-state index in [9.17, 15) is 4.79 Å². The molecule has 1 aliphatic rings. The van der Waals surface area contributed by atoms with Crippen molar-refractivity contribution >= 4 is 5.78 Å². The minimum absolute atomic E-state index is 0.239. The van der Waals surface area contributed by atoms with Crippen LogP contribution >= 0.6 is 0 Å². The lowest BCUT2D eigenvalue weighted by atomic mass is 10.1. The maximum Gasteiger partial charge on any atom is 0.143 e. The zero-order valence-corrected chi connectivity index (χ0v) is 7.23. The Balaban J connectivity index is 1.98. The third kappa shape index (κ3) is 3.51. The van der Waals surface area contributed by atoms with Gasteiger partial charge < -0.3 is 5.32 Å². The highest BCUT2D eigenvalue weighted by atomic mass is 16.1. The van der Waals surface area contributed by atoms with E-state index in [-0.39, 0.29) is 5.78 Å². The Morgan fingerprint density at radius 1 is 1.45 bits per heavy atom. The minimum atomic E-state index is 0.239. The fourth-order valence-corrected chi connectivity index (χ4v) is 1.67. The van der Waals surface area contributed by atoms with Crippen molar-refractivity contribution in [2.24, 2.45) is 5.92 Å². The Hall–Kier alpha value is -0.370. The fourth-order valence-electron chi connectivity index (χ4n) is 1.67. The quantitative estimate of drug-likeness (QED) is 0.664. The summed E-state index contributed by atoms with van der Waals surface area (Å²) in [4.78, 5) is 10.6. The lowest BCUT2D eigenvalue weighted by molar-refractivity contribution is -0.116. The van der Waals surface area contributed by atoms with Crippen molar-refractivity contribution in [2.75, 3.05) is 13.1 Å². The monoisotopic (exact) mass is 155 g/mol. The van der Waals surface area contributed by atoms with Crippen molar-refractivity contribution in [3.8, 4) is 0 Å². The van der Waals surface area contributed by atoms with Crippen LogP contribution in [0.1, 0.15) is 32.6 Å². The minimum Gasteiger partial charge on any atom is -0.310 e. The molecule has 0 unspecified atom stereocenters. The molecule has 1 fully saturated rings. The fraction of sp³-hybridized carbons (Fsp3) is 0.889. The summed E-state index contributed by atoms with van der Waals surface area (Å²) in [5.74, 6) is 1.08. The number of carbonyl (C=O) groups excluding carboxylic acids is 1. The first-order chi connectivity index (χ1) is 5.29. The van der Waals surface area contributed by atoms with E-state index in [1.807, 2.05) is 0 Å². The number of hydrogen-bond donors (Lipinski definition) is 1. The molecule has 1 aliphatic carbocycles. The van der Waals surface area contributed by atoms with Crippen LogP contribution in [-0.2, 0) is 4.79 Å². The summed E-state index contributed by atoms with van der Waals surface area (Å²) in [6, 6.07) is 0. The van der Waals surface area contributed by atoms with Gasteiger partial charge in [0.05, 0.1) is 6.54 Å². The van der Waals surface area contributed by atoms with E-state index in [1.54, 1.807) is 6.92 Å². The molecule has 2 nitrogen and oxygen atoms in total. The van der Waals surface area contributed by atoms with E-state index in [1.165, 1.54) is 25.7 Å². The normalized spacial score (nSPS) is 19.0. The van der Waals surface area contributed by atoms with Gasteiger partial charge in [-0.1, -0.05) is 12.8 Å². The summed E-state index contributed by atoms with van der Waals surface area (Å²) in [7, 11) is 0. The van der Waals surface area contributed by atoms with Gasteiger partial charge in [-0.05, 0) is 32.2 Å². The van der Waals surface area contributed by atoms with E-state index in [2.05, 4.69) is 5.32 Å². The van der Waals surface area contributed by atoms with E-state index in [0.717, 1.165) is 12.5 Å². The molecular weight excluding hydrogens is 138 g/mol. The van der Waals surface area contributed by atoms with Crippen LogP contribution in [0.5, 0.6) is 0 Å². The largest absolute Gasteiger partial charge is 0.310 e. The van der Waals surface area contributed by atoms with Gasteiger partial charge in [-0.2, -0.15) is 0 Å². The summed E-state index contributed by atoms with van der Waals surface area (Å²) in [5, 5.41) is 3.18. The van der Waals surface area contributed by atoms with Crippen LogP contribution in [0.3, 0.4) is 0 Å². The van der Waals surface area contributed by atoms with E-state index in [4.69, 9.17) is 0 Å². The molecule has 0 aliphatic heterocycles.